The molecule has 2 atom stereocenters. The summed E-state index contributed by atoms with van der Waals surface area (Å²) in [5.41, 5.74) is 0.684. The molecule has 0 spiro atoms. The number of hydrogen-bond acceptors (Lipinski definition) is 6. The Balaban J connectivity index is 2.03. The standard InChI is InChI=1S/C14H16N4O4/c1-3-8(2)12(14(19)20)18-13(15-16-17-18)9-4-5-10-11(6-9)22-7-21-10/h4-6,8,12H,3,7H2,1-2H3,(H,19,20). The van der Waals surface area contributed by atoms with Crippen molar-refractivity contribution in [3.05, 3.63) is 18.2 Å². The van der Waals surface area contributed by atoms with E-state index in [9.17, 15) is 9.90 Å². The molecule has 22 heavy (non-hydrogen) atoms. The summed E-state index contributed by atoms with van der Waals surface area (Å²) in [7, 11) is 0. The third kappa shape index (κ3) is 2.36. The molecule has 1 aliphatic heterocycles. The molecule has 1 aliphatic rings. The Morgan fingerprint density at radius 1 is 1.41 bits per heavy atom. The molecular weight excluding hydrogens is 288 g/mol. The molecule has 0 saturated carbocycles. The van der Waals surface area contributed by atoms with Crippen LogP contribution in [0.2, 0.25) is 0 Å². The molecule has 8 nitrogen and oxygen atoms in total. The van der Waals surface area contributed by atoms with Crippen LogP contribution in [-0.4, -0.2) is 38.1 Å². The van der Waals surface area contributed by atoms with Gasteiger partial charge in [0.2, 0.25) is 6.79 Å². The lowest BCUT2D eigenvalue weighted by Crippen LogP contribution is -2.27. The normalized spacial score (nSPS) is 15.5. The number of carbonyl (C=O) groups is 1. The topological polar surface area (TPSA) is 99.4 Å². The first kappa shape index (κ1) is 14.3. The minimum Gasteiger partial charge on any atom is -0.480 e. The van der Waals surface area contributed by atoms with E-state index >= 15 is 0 Å². The van der Waals surface area contributed by atoms with Crippen molar-refractivity contribution in [2.24, 2.45) is 5.92 Å². The van der Waals surface area contributed by atoms with Gasteiger partial charge >= 0.3 is 5.97 Å². The number of carboxylic acid groups (broad SMARTS) is 1. The second-order valence-electron chi connectivity index (χ2n) is 5.18. The fourth-order valence-corrected chi connectivity index (χ4v) is 2.42. The maximum atomic E-state index is 11.6. The van der Waals surface area contributed by atoms with Gasteiger partial charge in [-0.2, -0.15) is 0 Å². The Morgan fingerprint density at radius 3 is 2.91 bits per heavy atom. The minimum absolute atomic E-state index is 0.103. The maximum Gasteiger partial charge on any atom is 0.328 e. The largest absolute Gasteiger partial charge is 0.480 e. The molecule has 1 aromatic carbocycles. The minimum atomic E-state index is -0.955. The predicted molar refractivity (Wildman–Crippen MR) is 75.5 cm³/mol. The number of carboxylic acids is 1. The molecule has 2 aromatic rings. The molecule has 0 amide bonds. The molecule has 1 aromatic heterocycles. The lowest BCUT2D eigenvalue weighted by atomic mass is 9.99. The number of benzene rings is 1. The average molecular weight is 304 g/mol. The lowest BCUT2D eigenvalue weighted by molar-refractivity contribution is -0.142. The van der Waals surface area contributed by atoms with Gasteiger partial charge in [0.1, 0.15) is 0 Å². The van der Waals surface area contributed by atoms with Crippen molar-refractivity contribution in [2.75, 3.05) is 6.79 Å². The van der Waals surface area contributed by atoms with E-state index in [1.165, 1.54) is 4.68 Å². The molecule has 116 valence electrons. The van der Waals surface area contributed by atoms with Crippen LogP contribution >= 0.6 is 0 Å². The summed E-state index contributed by atoms with van der Waals surface area (Å²) in [6, 6.07) is 4.47. The van der Waals surface area contributed by atoms with Gasteiger partial charge in [0.15, 0.2) is 23.4 Å². The molecule has 0 aliphatic carbocycles. The first-order valence-electron chi connectivity index (χ1n) is 7.02. The number of nitrogens with zero attached hydrogens (tertiary/aromatic N) is 4. The Labute approximate surface area is 126 Å². The number of aliphatic carboxylic acids is 1. The predicted octanol–water partition coefficient (Wildman–Crippen LogP) is 1.74. The van der Waals surface area contributed by atoms with Gasteiger partial charge in [-0.05, 0) is 34.5 Å². The van der Waals surface area contributed by atoms with Crippen LogP contribution < -0.4 is 9.47 Å². The quantitative estimate of drug-likeness (QED) is 0.898. The molecule has 1 N–H and O–H groups in total. The van der Waals surface area contributed by atoms with Crippen molar-refractivity contribution in [1.82, 2.24) is 20.2 Å². The summed E-state index contributed by atoms with van der Waals surface area (Å²) in [6.45, 7) is 3.98. The summed E-state index contributed by atoms with van der Waals surface area (Å²) in [5, 5.41) is 21.0. The summed E-state index contributed by atoms with van der Waals surface area (Å²) in [5.74, 6) is 0.588. The number of fused-ring (bicyclic) bond motifs is 1. The molecule has 2 heterocycles. The highest BCUT2D eigenvalue weighted by Crippen LogP contribution is 2.36. The van der Waals surface area contributed by atoms with E-state index in [4.69, 9.17) is 9.47 Å². The first-order valence-corrected chi connectivity index (χ1v) is 7.02. The Bertz CT molecular complexity index is 700. The van der Waals surface area contributed by atoms with Crippen LogP contribution in [0.3, 0.4) is 0 Å². The fraction of sp³-hybridized carbons (Fsp3) is 0.429. The van der Waals surface area contributed by atoms with E-state index in [2.05, 4.69) is 15.5 Å². The summed E-state index contributed by atoms with van der Waals surface area (Å²) >= 11 is 0. The highest BCUT2D eigenvalue weighted by molar-refractivity contribution is 5.73. The average Bonchev–Trinajstić information content (AvgIpc) is 3.14. The van der Waals surface area contributed by atoms with Gasteiger partial charge in [-0.1, -0.05) is 20.3 Å². The Hall–Kier alpha value is -2.64. The second-order valence-corrected chi connectivity index (χ2v) is 5.18. The SMILES string of the molecule is CCC(C)C(C(=O)O)n1nnnc1-c1ccc2c(c1)OCO2. The Kier molecular flexibility index (Phi) is 3.66. The number of hydrogen-bond donors (Lipinski definition) is 1. The number of aromatic nitrogens is 4. The molecule has 3 rings (SSSR count). The van der Waals surface area contributed by atoms with Crippen LogP contribution in [0.25, 0.3) is 11.4 Å². The van der Waals surface area contributed by atoms with Crippen molar-refractivity contribution in [3.63, 3.8) is 0 Å². The van der Waals surface area contributed by atoms with Crippen LogP contribution in [-0.2, 0) is 4.79 Å². The van der Waals surface area contributed by atoms with Crippen molar-refractivity contribution >= 4 is 5.97 Å². The molecule has 2 unspecified atom stereocenters. The summed E-state index contributed by atoms with van der Waals surface area (Å²) in [4.78, 5) is 11.6. The van der Waals surface area contributed by atoms with Crippen molar-refractivity contribution in [3.8, 4) is 22.9 Å². The number of ether oxygens (including phenoxy) is 2. The van der Waals surface area contributed by atoms with Crippen LogP contribution in [0.4, 0.5) is 0 Å². The molecule has 0 radical (unpaired) electrons. The van der Waals surface area contributed by atoms with Gasteiger partial charge in [0, 0.05) is 5.56 Å². The zero-order valence-electron chi connectivity index (χ0n) is 12.3. The fourth-order valence-electron chi connectivity index (χ4n) is 2.42. The highest BCUT2D eigenvalue weighted by Gasteiger charge is 2.30. The van der Waals surface area contributed by atoms with Gasteiger partial charge in [-0.3, -0.25) is 0 Å². The van der Waals surface area contributed by atoms with Crippen LogP contribution in [0.5, 0.6) is 11.5 Å². The van der Waals surface area contributed by atoms with Crippen LogP contribution in [0.1, 0.15) is 26.3 Å². The first-order chi connectivity index (χ1) is 10.6. The molecule has 0 saturated heterocycles. The van der Waals surface area contributed by atoms with Crippen LogP contribution in [0.15, 0.2) is 18.2 Å². The summed E-state index contributed by atoms with van der Waals surface area (Å²) < 4.78 is 12.0. The van der Waals surface area contributed by atoms with E-state index in [1.54, 1.807) is 18.2 Å². The van der Waals surface area contributed by atoms with Crippen molar-refractivity contribution in [1.29, 1.82) is 0 Å². The Morgan fingerprint density at radius 2 is 2.18 bits per heavy atom. The van der Waals surface area contributed by atoms with E-state index < -0.39 is 12.0 Å². The molecule has 8 heteroatoms. The van der Waals surface area contributed by atoms with E-state index in [1.807, 2.05) is 13.8 Å². The van der Waals surface area contributed by atoms with Gasteiger partial charge in [-0.15, -0.1) is 5.10 Å². The van der Waals surface area contributed by atoms with Crippen LogP contribution in [0, 0.1) is 5.92 Å². The van der Waals surface area contributed by atoms with Crippen molar-refractivity contribution < 1.29 is 19.4 Å². The second kappa shape index (κ2) is 5.63. The van der Waals surface area contributed by atoms with Crippen molar-refractivity contribution in [2.45, 2.75) is 26.3 Å². The highest BCUT2D eigenvalue weighted by atomic mass is 16.7. The van der Waals surface area contributed by atoms with Gasteiger partial charge in [0.25, 0.3) is 0 Å². The zero-order valence-corrected chi connectivity index (χ0v) is 12.3. The third-order valence-corrected chi connectivity index (χ3v) is 3.82. The monoisotopic (exact) mass is 304 g/mol. The lowest BCUT2D eigenvalue weighted by Gasteiger charge is -2.19. The summed E-state index contributed by atoms with van der Waals surface area (Å²) in [6.07, 6.45) is 0.706. The maximum absolute atomic E-state index is 11.6. The van der Waals surface area contributed by atoms with E-state index in [0.29, 0.717) is 29.3 Å². The molecule has 0 bridgehead atoms. The number of rotatable bonds is 5. The zero-order chi connectivity index (χ0) is 15.7. The molecule has 0 fully saturated rings. The smallest absolute Gasteiger partial charge is 0.328 e. The van der Waals surface area contributed by atoms with E-state index in [0.717, 1.165) is 0 Å². The van der Waals surface area contributed by atoms with E-state index in [-0.39, 0.29) is 12.7 Å². The van der Waals surface area contributed by atoms with Gasteiger partial charge in [-0.25, -0.2) is 9.48 Å². The number of tetrazole rings is 1. The molecular formula is C14H16N4O4. The van der Waals surface area contributed by atoms with Gasteiger partial charge < -0.3 is 14.6 Å². The third-order valence-electron chi connectivity index (χ3n) is 3.82. The van der Waals surface area contributed by atoms with Gasteiger partial charge in [0.05, 0.1) is 0 Å².